The summed E-state index contributed by atoms with van der Waals surface area (Å²) < 4.78 is 12.3. The second-order valence-electron chi connectivity index (χ2n) is 7.02. The molecule has 1 amide bonds. The summed E-state index contributed by atoms with van der Waals surface area (Å²) in [6.45, 7) is 1.92. The van der Waals surface area contributed by atoms with E-state index in [4.69, 9.17) is 14.6 Å². The van der Waals surface area contributed by atoms with Gasteiger partial charge in [-0.25, -0.2) is 4.68 Å². The standard InChI is InChI=1S/C24H22N4O3/c1-30-22-9-7-18(8-10-22)23-20(17-28(26-23)21-5-3-2-4-6-21)15-19(16-25)24(29)27-11-13-31-14-12-27/h2-10,15,17H,11-14H2,1H3/b19-15+. The Kier molecular flexibility index (Phi) is 6.11. The smallest absolute Gasteiger partial charge is 0.264 e. The average molecular weight is 414 g/mol. The van der Waals surface area contributed by atoms with Gasteiger partial charge in [-0.2, -0.15) is 10.4 Å². The molecule has 1 saturated heterocycles. The number of amides is 1. The summed E-state index contributed by atoms with van der Waals surface area (Å²) in [6.07, 6.45) is 3.45. The fourth-order valence-electron chi connectivity index (χ4n) is 3.41. The van der Waals surface area contributed by atoms with Gasteiger partial charge in [-0.3, -0.25) is 4.79 Å². The number of morpholine rings is 1. The molecule has 31 heavy (non-hydrogen) atoms. The first-order valence-corrected chi connectivity index (χ1v) is 9.98. The van der Waals surface area contributed by atoms with Gasteiger partial charge in [-0.05, 0) is 42.5 Å². The maximum atomic E-state index is 12.9. The Hall–Kier alpha value is -3.89. The third kappa shape index (κ3) is 4.49. The minimum atomic E-state index is -0.293. The van der Waals surface area contributed by atoms with Crippen molar-refractivity contribution in [2.75, 3.05) is 33.4 Å². The zero-order chi connectivity index (χ0) is 21.6. The molecule has 0 bridgehead atoms. The first-order valence-electron chi connectivity index (χ1n) is 9.98. The number of rotatable bonds is 5. The molecule has 4 rings (SSSR count). The Morgan fingerprint density at radius 1 is 1.13 bits per heavy atom. The number of hydrogen-bond acceptors (Lipinski definition) is 5. The summed E-state index contributed by atoms with van der Waals surface area (Å²) in [5.74, 6) is 0.447. The van der Waals surface area contributed by atoms with Gasteiger partial charge >= 0.3 is 0 Å². The molecule has 1 aromatic heterocycles. The summed E-state index contributed by atoms with van der Waals surface area (Å²) in [5.41, 5.74) is 3.18. The van der Waals surface area contributed by atoms with Crippen LogP contribution in [-0.4, -0.2) is 54.0 Å². The molecule has 3 aromatic rings. The Balaban J connectivity index is 1.77. The van der Waals surface area contributed by atoms with Crippen LogP contribution in [0.1, 0.15) is 5.56 Å². The van der Waals surface area contributed by atoms with E-state index in [-0.39, 0.29) is 11.5 Å². The number of carbonyl (C=O) groups excluding carboxylic acids is 1. The highest BCUT2D eigenvalue weighted by atomic mass is 16.5. The minimum absolute atomic E-state index is 0.0734. The largest absolute Gasteiger partial charge is 0.497 e. The summed E-state index contributed by atoms with van der Waals surface area (Å²) in [5, 5.41) is 14.4. The van der Waals surface area contributed by atoms with Crippen molar-refractivity contribution >= 4 is 12.0 Å². The Bertz CT molecular complexity index is 1120. The zero-order valence-electron chi connectivity index (χ0n) is 17.2. The normalized spacial score (nSPS) is 14.2. The lowest BCUT2D eigenvalue weighted by Crippen LogP contribution is -2.41. The minimum Gasteiger partial charge on any atom is -0.497 e. The first-order chi connectivity index (χ1) is 15.2. The highest BCUT2D eigenvalue weighted by Crippen LogP contribution is 2.27. The molecule has 2 heterocycles. The van der Waals surface area contributed by atoms with Crippen molar-refractivity contribution in [2.24, 2.45) is 0 Å². The number of hydrogen-bond donors (Lipinski definition) is 0. The van der Waals surface area contributed by atoms with Crippen LogP contribution in [0.5, 0.6) is 5.75 Å². The molecule has 0 atom stereocenters. The van der Waals surface area contributed by atoms with E-state index in [1.54, 1.807) is 22.8 Å². The molecule has 0 saturated carbocycles. The number of nitrogens with zero attached hydrogens (tertiary/aromatic N) is 4. The van der Waals surface area contributed by atoms with Crippen LogP contribution < -0.4 is 4.74 Å². The number of para-hydroxylation sites is 1. The molecule has 156 valence electrons. The van der Waals surface area contributed by atoms with Crippen LogP contribution in [0.2, 0.25) is 0 Å². The molecule has 0 aliphatic carbocycles. The number of aromatic nitrogens is 2. The Morgan fingerprint density at radius 3 is 2.48 bits per heavy atom. The van der Waals surface area contributed by atoms with Gasteiger partial charge in [0.1, 0.15) is 17.4 Å². The second-order valence-corrected chi connectivity index (χ2v) is 7.02. The molecule has 2 aromatic carbocycles. The van der Waals surface area contributed by atoms with Gasteiger partial charge in [0.05, 0.1) is 31.7 Å². The molecular formula is C24H22N4O3. The van der Waals surface area contributed by atoms with Crippen LogP contribution in [-0.2, 0) is 9.53 Å². The van der Waals surface area contributed by atoms with Crippen molar-refractivity contribution < 1.29 is 14.3 Å². The predicted octanol–water partition coefficient (Wildman–Crippen LogP) is 3.31. The molecular weight excluding hydrogens is 392 g/mol. The number of carbonyl (C=O) groups is 1. The van der Waals surface area contributed by atoms with Crippen molar-refractivity contribution in [3.05, 3.63) is 71.9 Å². The van der Waals surface area contributed by atoms with Gasteiger partial charge in [0, 0.05) is 30.4 Å². The molecule has 0 spiro atoms. The number of nitriles is 1. The van der Waals surface area contributed by atoms with Crippen molar-refractivity contribution in [3.63, 3.8) is 0 Å². The van der Waals surface area contributed by atoms with Crippen LogP contribution in [0.15, 0.2) is 66.4 Å². The molecule has 7 nitrogen and oxygen atoms in total. The quantitative estimate of drug-likeness (QED) is 0.473. The lowest BCUT2D eigenvalue weighted by Gasteiger charge is -2.26. The summed E-state index contributed by atoms with van der Waals surface area (Å²) in [6, 6.07) is 19.3. The second kappa shape index (κ2) is 9.28. The zero-order valence-corrected chi connectivity index (χ0v) is 17.2. The van der Waals surface area contributed by atoms with E-state index in [1.165, 1.54) is 0 Å². The van der Waals surface area contributed by atoms with Crippen molar-refractivity contribution in [1.29, 1.82) is 5.26 Å². The molecule has 0 N–H and O–H groups in total. The van der Waals surface area contributed by atoms with Crippen molar-refractivity contribution in [1.82, 2.24) is 14.7 Å². The van der Waals surface area contributed by atoms with E-state index in [2.05, 4.69) is 6.07 Å². The molecule has 7 heteroatoms. The van der Waals surface area contributed by atoms with Crippen LogP contribution in [0.4, 0.5) is 0 Å². The van der Waals surface area contributed by atoms with Crippen LogP contribution in [0, 0.1) is 11.3 Å². The summed E-state index contributed by atoms with van der Waals surface area (Å²) >= 11 is 0. The van der Waals surface area contributed by atoms with Crippen LogP contribution in [0.25, 0.3) is 23.0 Å². The molecule has 0 radical (unpaired) electrons. The van der Waals surface area contributed by atoms with Crippen LogP contribution >= 0.6 is 0 Å². The van der Waals surface area contributed by atoms with Gasteiger partial charge in [0.25, 0.3) is 5.91 Å². The van der Waals surface area contributed by atoms with Gasteiger partial charge in [0.15, 0.2) is 0 Å². The summed E-state index contributed by atoms with van der Waals surface area (Å²) in [4.78, 5) is 14.5. The van der Waals surface area contributed by atoms with Gasteiger partial charge < -0.3 is 14.4 Å². The average Bonchev–Trinajstić information content (AvgIpc) is 3.27. The lowest BCUT2D eigenvalue weighted by atomic mass is 10.1. The maximum Gasteiger partial charge on any atom is 0.264 e. The number of methoxy groups -OCH3 is 1. The number of ether oxygens (including phenoxy) is 2. The third-order valence-corrected chi connectivity index (χ3v) is 5.08. The van der Waals surface area contributed by atoms with Crippen LogP contribution in [0.3, 0.4) is 0 Å². The highest BCUT2D eigenvalue weighted by molar-refractivity contribution is 6.02. The molecule has 1 aliphatic heterocycles. The van der Waals surface area contributed by atoms with E-state index in [0.717, 1.165) is 17.0 Å². The highest BCUT2D eigenvalue weighted by Gasteiger charge is 2.22. The lowest BCUT2D eigenvalue weighted by molar-refractivity contribution is -0.130. The fraction of sp³-hybridized carbons (Fsp3) is 0.208. The van der Waals surface area contributed by atoms with E-state index < -0.39 is 0 Å². The first kappa shape index (κ1) is 20.4. The molecule has 1 aliphatic rings. The van der Waals surface area contributed by atoms with Gasteiger partial charge in [0.2, 0.25) is 0 Å². The van der Waals surface area contributed by atoms with E-state index >= 15 is 0 Å². The topological polar surface area (TPSA) is 80.4 Å². The van der Waals surface area contributed by atoms with Gasteiger partial charge in [-0.1, -0.05) is 18.2 Å². The van der Waals surface area contributed by atoms with Crippen molar-refractivity contribution in [2.45, 2.75) is 0 Å². The predicted molar refractivity (Wildman–Crippen MR) is 117 cm³/mol. The molecule has 0 unspecified atom stereocenters. The third-order valence-electron chi connectivity index (χ3n) is 5.08. The van der Waals surface area contributed by atoms with E-state index in [1.807, 2.05) is 60.8 Å². The Morgan fingerprint density at radius 2 is 1.84 bits per heavy atom. The Labute approximate surface area is 180 Å². The van der Waals surface area contributed by atoms with E-state index in [9.17, 15) is 10.1 Å². The monoisotopic (exact) mass is 414 g/mol. The summed E-state index contributed by atoms with van der Waals surface area (Å²) in [7, 11) is 1.61. The van der Waals surface area contributed by atoms with Gasteiger partial charge in [-0.15, -0.1) is 0 Å². The maximum absolute atomic E-state index is 12.9. The fourth-order valence-corrected chi connectivity index (χ4v) is 3.41. The van der Waals surface area contributed by atoms with Crippen molar-refractivity contribution in [3.8, 4) is 28.8 Å². The SMILES string of the molecule is COc1ccc(-c2nn(-c3ccccc3)cc2/C=C(\C#N)C(=O)N2CCOCC2)cc1. The molecule has 1 fully saturated rings. The van der Waals surface area contributed by atoms with E-state index in [0.29, 0.717) is 37.6 Å². The number of benzene rings is 2.